The maximum atomic E-state index is 13.0. The minimum absolute atomic E-state index is 0.0384. The lowest BCUT2D eigenvalue weighted by Crippen LogP contribution is -2.19. The summed E-state index contributed by atoms with van der Waals surface area (Å²) in [4.78, 5) is 10.2. The van der Waals surface area contributed by atoms with Crippen molar-refractivity contribution in [2.75, 3.05) is 10.6 Å². The maximum absolute atomic E-state index is 13.0. The van der Waals surface area contributed by atoms with Gasteiger partial charge in [-0.15, -0.1) is 0 Å². The summed E-state index contributed by atoms with van der Waals surface area (Å²) < 4.78 is 13.0. The highest BCUT2D eigenvalue weighted by Gasteiger charge is 2.06. The fraction of sp³-hybridized carbons (Fsp3) is 0. The van der Waals surface area contributed by atoms with Crippen molar-refractivity contribution in [3.8, 4) is 0 Å². The monoisotopic (exact) mass is 291 g/mol. The highest BCUT2D eigenvalue weighted by atomic mass is 32.1. The summed E-state index contributed by atoms with van der Waals surface area (Å²) in [5.41, 5.74) is 0.935. The van der Waals surface area contributed by atoms with Gasteiger partial charge >= 0.3 is 0 Å². The average Bonchev–Trinajstić information content (AvgIpc) is 2.38. The second-order valence-electron chi connectivity index (χ2n) is 3.90. The van der Waals surface area contributed by atoms with E-state index in [1.54, 1.807) is 24.3 Å². The van der Waals surface area contributed by atoms with Crippen LogP contribution in [-0.4, -0.2) is 10.0 Å². The van der Waals surface area contributed by atoms with Gasteiger partial charge in [-0.05, 0) is 36.5 Å². The van der Waals surface area contributed by atoms with Crippen molar-refractivity contribution in [3.05, 3.63) is 64.5 Å². The number of nitrogens with zero attached hydrogens (tertiary/aromatic N) is 1. The lowest BCUT2D eigenvalue weighted by Gasteiger charge is -2.10. The SMILES string of the molecule is O=[N+]([O-])c1cccc(NC(=S)Nc2cccc(F)c2)c1. The molecule has 0 atom stereocenters. The van der Waals surface area contributed by atoms with Gasteiger partial charge in [0.25, 0.3) is 5.69 Å². The predicted molar refractivity (Wildman–Crippen MR) is 79.3 cm³/mol. The van der Waals surface area contributed by atoms with Crippen LogP contribution in [0.1, 0.15) is 0 Å². The molecule has 2 aromatic carbocycles. The highest BCUT2D eigenvalue weighted by Crippen LogP contribution is 2.17. The van der Waals surface area contributed by atoms with Crippen LogP contribution in [0, 0.1) is 15.9 Å². The third-order valence-corrected chi connectivity index (χ3v) is 2.60. The van der Waals surface area contributed by atoms with Crippen LogP contribution in [0.4, 0.5) is 21.5 Å². The average molecular weight is 291 g/mol. The van der Waals surface area contributed by atoms with E-state index in [0.717, 1.165) is 0 Å². The number of halogens is 1. The van der Waals surface area contributed by atoms with Gasteiger partial charge in [-0.3, -0.25) is 10.1 Å². The molecule has 0 heterocycles. The normalized spacial score (nSPS) is 9.85. The Morgan fingerprint density at radius 2 is 1.70 bits per heavy atom. The number of anilines is 2. The van der Waals surface area contributed by atoms with Gasteiger partial charge in [0.2, 0.25) is 0 Å². The first kappa shape index (κ1) is 13.9. The second-order valence-corrected chi connectivity index (χ2v) is 4.31. The molecule has 2 rings (SSSR count). The van der Waals surface area contributed by atoms with Gasteiger partial charge in [0.1, 0.15) is 5.82 Å². The molecule has 0 aliphatic heterocycles. The zero-order valence-electron chi connectivity index (χ0n) is 10.2. The van der Waals surface area contributed by atoms with Crippen molar-refractivity contribution in [1.29, 1.82) is 0 Å². The molecule has 0 saturated heterocycles. The Labute approximate surface area is 119 Å². The van der Waals surface area contributed by atoms with E-state index in [1.165, 1.54) is 24.3 Å². The Kier molecular flexibility index (Phi) is 4.21. The van der Waals surface area contributed by atoms with Crippen molar-refractivity contribution < 1.29 is 9.31 Å². The first-order chi connectivity index (χ1) is 9.54. The predicted octanol–water partition coefficient (Wildman–Crippen LogP) is 3.54. The number of non-ortho nitro benzene ring substituents is 1. The standard InChI is InChI=1S/C13H10FN3O2S/c14-9-3-1-4-10(7-9)15-13(20)16-11-5-2-6-12(8-11)17(18)19/h1-8H,(H2,15,16,20). The van der Waals surface area contributed by atoms with Gasteiger partial charge in [-0.2, -0.15) is 0 Å². The van der Waals surface area contributed by atoms with Gasteiger partial charge in [-0.1, -0.05) is 12.1 Å². The van der Waals surface area contributed by atoms with Crippen LogP contribution in [0.15, 0.2) is 48.5 Å². The fourth-order valence-electron chi connectivity index (χ4n) is 1.56. The third kappa shape index (κ3) is 3.72. The van der Waals surface area contributed by atoms with Crippen LogP contribution in [0.3, 0.4) is 0 Å². The number of benzene rings is 2. The minimum Gasteiger partial charge on any atom is -0.332 e. The van der Waals surface area contributed by atoms with E-state index in [-0.39, 0.29) is 16.6 Å². The molecule has 0 unspecified atom stereocenters. The van der Waals surface area contributed by atoms with E-state index >= 15 is 0 Å². The number of hydrogen-bond donors (Lipinski definition) is 2. The van der Waals surface area contributed by atoms with Crippen LogP contribution >= 0.6 is 12.2 Å². The lowest BCUT2D eigenvalue weighted by molar-refractivity contribution is -0.384. The molecule has 0 aliphatic carbocycles. The van der Waals surface area contributed by atoms with E-state index in [1.807, 2.05) is 0 Å². The molecule has 0 spiro atoms. The van der Waals surface area contributed by atoms with Crippen molar-refractivity contribution in [2.24, 2.45) is 0 Å². The molecular weight excluding hydrogens is 281 g/mol. The molecule has 0 amide bonds. The van der Waals surface area contributed by atoms with Crippen molar-refractivity contribution in [1.82, 2.24) is 0 Å². The smallest absolute Gasteiger partial charge is 0.271 e. The summed E-state index contributed by atoms with van der Waals surface area (Å²) in [6, 6.07) is 11.8. The molecule has 2 aromatic rings. The minimum atomic E-state index is -0.492. The quantitative estimate of drug-likeness (QED) is 0.514. The Morgan fingerprint density at radius 3 is 2.30 bits per heavy atom. The van der Waals surface area contributed by atoms with Gasteiger partial charge in [0.15, 0.2) is 5.11 Å². The number of rotatable bonds is 3. The van der Waals surface area contributed by atoms with Crippen molar-refractivity contribution >= 4 is 34.4 Å². The molecule has 102 valence electrons. The molecule has 0 fully saturated rings. The molecule has 20 heavy (non-hydrogen) atoms. The number of nitro benzene ring substituents is 1. The van der Waals surface area contributed by atoms with Crippen LogP contribution in [-0.2, 0) is 0 Å². The largest absolute Gasteiger partial charge is 0.332 e. The summed E-state index contributed by atoms with van der Waals surface area (Å²) in [6.45, 7) is 0. The molecule has 0 aromatic heterocycles. The van der Waals surface area contributed by atoms with Crippen LogP contribution in [0.2, 0.25) is 0 Å². The third-order valence-electron chi connectivity index (χ3n) is 2.40. The maximum Gasteiger partial charge on any atom is 0.271 e. The van der Waals surface area contributed by atoms with E-state index < -0.39 is 4.92 Å². The first-order valence-corrected chi connectivity index (χ1v) is 6.03. The Hall–Kier alpha value is -2.54. The second kappa shape index (κ2) is 6.07. The molecule has 5 nitrogen and oxygen atoms in total. The summed E-state index contributed by atoms with van der Waals surface area (Å²) in [6.07, 6.45) is 0. The zero-order valence-corrected chi connectivity index (χ0v) is 11.0. The summed E-state index contributed by atoms with van der Waals surface area (Å²) in [7, 11) is 0. The number of hydrogen-bond acceptors (Lipinski definition) is 3. The van der Waals surface area contributed by atoms with Crippen LogP contribution < -0.4 is 10.6 Å². The molecule has 0 saturated carbocycles. The zero-order chi connectivity index (χ0) is 14.5. The molecular formula is C13H10FN3O2S. The van der Waals surface area contributed by atoms with Crippen molar-refractivity contribution in [2.45, 2.75) is 0 Å². The van der Waals surface area contributed by atoms with E-state index in [0.29, 0.717) is 11.4 Å². The topological polar surface area (TPSA) is 67.2 Å². The van der Waals surface area contributed by atoms with E-state index in [2.05, 4.69) is 10.6 Å². The molecule has 0 bridgehead atoms. The van der Waals surface area contributed by atoms with E-state index in [9.17, 15) is 14.5 Å². The van der Waals surface area contributed by atoms with Crippen LogP contribution in [0.5, 0.6) is 0 Å². The Bertz CT molecular complexity index is 664. The Morgan fingerprint density at radius 1 is 1.10 bits per heavy atom. The molecule has 0 radical (unpaired) electrons. The fourth-order valence-corrected chi connectivity index (χ4v) is 1.79. The summed E-state index contributed by atoms with van der Waals surface area (Å²) >= 11 is 5.06. The molecule has 2 N–H and O–H groups in total. The number of nitrogens with one attached hydrogen (secondary N) is 2. The van der Waals surface area contributed by atoms with E-state index in [4.69, 9.17) is 12.2 Å². The van der Waals surface area contributed by atoms with Gasteiger partial charge in [-0.25, -0.2) is 4.39 Å². The van der Waals surface area contributed by atoms with Gasteiger partial charge < -0.3 is 10.6 Å². The Balaban J connectivity index is 2.04. The number of thiocarbonyl (C=S) groups is 1. The first-order valence-electron chi connectivity index (χ1n) is 5.62. The van der Waals surface area contributed by atoms with Gasteiger partial charge in [0.05, 0.1) is 4.92 Å². The summed E-state index contributed by atoms with van der Waals surface area (Å²) in [5.74, 6) is -0.381. The summed E-state index contributed by atoms with van der Waals surface area (Å²) in [5, 5.41) is 16.5. The highest BCUT2D eigenvalue weighted by molar-refractivity contribution is 7.80. The molecule has 7 heteroatoms. The number of nitro groups is 1. The van der Waals surface area contributed by atoms with Gasteiger partial charge in [0, 0.05) is 23.5 Å². The molecule has 0 aliphatic rings. The lowest BCUT2D eigenvalue weighted by atomic mass is 10.3. The van der Waals surface area contributed by atoms with Crippen molar-refractivity contribution in [3.63, 3.8) is 0 Å². The van der Waals surface area contributed by atoms with Crippen LogP contribution in [0.25, 0.3) is 0 Å².